The van der Waals surface area contributed by atoms with Crippen molar-refractivity contribution in [1.82, 2.24) is 0 Å². The van der Waals surface area contributed by atoms with Crippen molar-refractivity contribution >= 4 is 0 Å². The van der Waals surface area contributed by atoms with Crippen LogP contribution in [0, 0.1) is 0 Å². The normalized spacial score (nSPS) is 10.1. The Labute approximate surface area is 163 Å². The maximum atomic E-state index is 5.33. The zero-order valence-corrected chi connectivity index (χ0v) is 17.4. The van der Waals surface area contributed by atoms with Crippen molar-refractivity contribution in [2.45, 2.75) is 33.1 Å². The lowest BCUT2D eigenvalue weighted by Crippen LogP contribution is -1.92. The molecule has 0 fully saturated rings. The first-order chi connectivity index (χ1) is 13.1. The fourth-order valence-electron chi connectivity index (χ4n) is 2.45. The van der Waals surface area contributed by atoms with E-state index in [1.54, 1.807) is 28.4 Å². The standard InChI is InChI=1S/C20H24O4.C3H8/c1-21-17-11-9-15(13-19(17)23-3)7-5-6-8-16-10-12-18(22-2)20(14-16)24-4;1-3-2/h5-6,9-14H,7-8H2,1-4H3;3H2,1-2H3/b6-5-;. The molecule has 0 saturated heterocycles. The summed E-state index contributed by atoms with van der Waals surface area (Å²) in [6.45, 7) is 4.25. The number of hydrogen-bond acceptors (Lipinski definition) is 4. The molecule has 0 aliphatic carbocycles. The minimum Gasteiger partial charge on any atom is -0.493 e. The summed E-state index contributed by atoms with van der Waals surface area (Å²) in [5, 5.41) is 0. The Morgan fingerprint density at radius 2 is 0.926 bits per heavy atom. The van der Waals surface area contributed by atoms with E-state index in [0.29, 0.717) is 0 Å². The highest BCUT2D eigenvalue weighted by atomic mass is 16.5. The predicted molar refractivity (Wildman–Crippen MR) is 112 cm³/mol. The van der Waals surface area contributed by atoms with Crippen molar-refractivity contribution in [3.8, 4) is 23.0 Å². The van der Waals surface area contributed by atoms with E-state index in [-0.39, 0.29) is 0 Å². The maximum absolute atomic E-state index is 5.33. The van der Waals surface area contributed by atoms with Gasteiger partial charge >= 0.3 is 0 Å². The van der Waals surface area contributed by atoms with E-state index in [1.807, 2.05) is 36.4 Å². The molecule has 0 amide bonds. The van der Waals surface area contributed by atoms with E-state index in [1.165, 1.54) is 17.5 Å². The molecule has 0 heterocycles. The Morgan fingerprint density at radius 1 is 0.593 bits per heavy atom. The minimum atomic E-state index is 0.746. The minimum absolute atomic E-state index is 0.746. The monoisotopic (exact) mass is 372 g/mol. The summed E-state index contributed by atoms with van der Waals surface area (Å²) in [5.74, 6) is 3.00. The first kappa shape index (κ1) is 22.4. The SMILES string of the molecule is CCC.COc1ccc(C/C=C\Cc2ccc(OC)c(OC)c2)cc1OC. The van der Waals surface area contributed by atoms with Crippen LogP contribution in [-0.2, 0) is 12.8 Å². The van der Waals surface area contributed by atoms with Crippen LogP contribution in [0.4, 0.5) is 0 Å². The van der Waals surface area contributed by atoms with Gasteiger partial charge in [0.15, 0.2) is 23.0 Å². The lowest BCUT2D eigenvalue weighted by molar-refractivity contribution is 0.354. The summed E-state index contributed by atoms with van der Waals surface area (Å²) in [7, 11) is 6.57. The lowest BCUT2D eigenvalue weighted by Gasteiger charge is -2.09. The molecule has 148 valence electrons. The van der Waals surface area contributed by atoms with Gasteiger partial charge in [-0.05, 0) is 48.2 Å². The summed E-state index contributed by atoms with van der Waals surface area (Å²) in [6.07, 6.45) is 7.23. The average Bonchev–Trinajstić information content (AvgIpc) is 2.71. The van der Waals surface area contributed by atoms with Crippen LogP contribution in [-0.4, -0.2) is 28.4 Å². The van der Waals surface area contributed by atoms with E-state index >= 15 is 0 Å². The summed E-state index contributed by atoms with van der Waals surface area (Å²) in [5.41, 5.74) is 2.35. The molecule has 0 N–H and O–H groups in total. The van der Waals surface area contributed by atoms with Gasteiger partial charge in [0.2, 0.25) is 0 Å². The smallest absolute Gasteiger partial charge is 0.160 e. The van der Waals surface area contributed by atoms with Gasteiger partial charge in [0.05, 0.1) is 28.4 Å². The average molecular weight is 373 g/mol. The molecule has 0 aliphatic rings. The van der Waals surface area contributed by atoms with Crippen molar-refractivity contribution in [1.29, 1.82) is 0 Å². The van der Waals surface area contributed by atoms with Crippen LogP contribution in [0.15, 0.2) is 48.6 Å². The molecule has 0 radical (unpaired) electrons. The molecule has 0 spiro atoms. The van der Waals surface area contributed by atoms with Crippen LogP contribution >= 0.6 is 0 Å². The number of rotatable bonds is 8. The van der Waals surface area contributed by atoms with Gasteiger partial charge in [0.25, 0.3) is 0 Å². The zero-order chi connectivity index (χ0) is 20.1. The molecule has 2 aromatic rings. The van der Waals surface area contributed by atoms with E-state index < -0.39 is 0 Å². The summed E-state index contributed by atoms with van der Waals surface area (Å²) in [4.78, 5) is 0. The molecule has 2 rings (SSSR count). The largest absolute Gasteiger partial charge is 0.493 e. The Morgan fingerprint density at radius 3 is 1.22 bits per heavy atom. The molecule has 0 saturated carbocycles. The van der Waals surface area contributed by atoms with Crippen LogP contribution in [0.25, 0.3) is 0 Å². The summed E-state index contributed by atoms with van der Waals surface area (Å²) < 4.78 is 21.2. The molecule has 0 unspecified atom stereocenters. The van der Waals surface area contributed by atoms with Gasteiger partial charge in [-0.1, -0.05) is 44.6 Å². The summed E-state index contributed by atoms with van der Waals surface area (Å²) in [6, 6.07) is 11.9. The second-order valence-electron chi connectivity index (χ2n) is 5.97. The van der Waals surface area contributed by atoms with Gasteiger partial charge < -0.3 is 18.9 Å². The third kappa shape index (κ3) is 7.26. The van der Waals surface area contributed by atoms with Gasteiger partial charge in [0.1, 0.15) is 0 Å². The van der Waals surface area contributed by atoms with Crippen molar-refractivity contribution < 1.29 is 18.9 Å². The highest BCUT2D eigenvalue weighted by Gasteiger charge is 2.04. The van der Waals surface area contributed by atoms with Crippen molar-refractivity contribution in [3.63, 3.8) is 0 Å². The van der Waals surface area contributed by atoms with Crippen LogP contribution in [0.1, 0.15) is 31.4 Å². The molecular weight excluding hydrogens is 340 g/mol. The second-order valence-corrected chi connectivity index (χ2v) is 5.97. The second kappa shape index (κ2) is 12.7. The first-order valence-corrected chi connectivity index (χ1v) is 9.20. The molecule has 0 bridgehead atoms. The van der Waals surface area contributed by atoms with Crippen LogP contribution in [0.3, 0.4) is 0 Å². The van der Waals surface area contributed by atoms with Gasteiger partial charge in [-0.25, -0.2) is 0 Å². The molecular formula is C23H32O4. The topological polar surface area (TPSA) is 36.9 Å². The van der Waals surface area contributed by atoms with Crippen LogP contribution in [0.5, 0.6) is 23.0 Å². The molecule has 4 nitrogen and oxygen atoms in total. The fraction of sp³-hybridized carbons (Fsp3) is 0.391. The Bertz CT molecular complexity index is 648. The maximum Gasteiger partial charge on any atom is 0.160 e. The number of hydrogen-bond donors (Lipinski definition) is 0. The van der Waals surface area contributed by atoms with E-state index in [9.17, 15) is 0 Å². The molecule has 0 atom stereocenters. The number of methoxy groups -OCH3 is 4. The third-order valence-corrected chi connectivity index (χ3v) is 3.77. The number of ether oxygens (including phenoxy) is 4. The van der Waals surface area contributed by atoms with E-state index in [4.69, 9.17) is 18.9 Å². The molecule has 4 heteroatoms. The van der Waals surface area contributed by atoms with Crippen molar-refractivity contribution in [3.05, 3.63) is 59.7 Å². The Balaban J connectivity index is 0.00000114. The molecule has 27 heavy (non-hydrogen) atoms. The molecule has 0 aliphatic heterocycles. The zero-order valence-electron chi connectivity index (χ0n) is 17.4. The van der Waals surface area contributed by atoms with Crippen molar-refractivity contribution in [2.75, 3.05) is 28.4 Å². The van der Waals surface area contributed by atoms with Crippen molar-refractivity contribution in [2.24, 2.45) is 0 Å². The van der Waals surface area contributed by atoms with Gasteiger partial charge in [-0.15, -0.1) is 0 Å². The number of benzene rings is 2. The quantitative estimate of drug-likeness (QED) is 0.575. The Kier molecular flexibility index (Phi) is 10.5. The fourth-order valence-corrected chi connectivity index (χ4v) is 2.45. The van der Waals surface area contributed by atoms with Gasteiger partial charge in [0, 0.05) is 0 Å². The van der Waals surface area contributed by atoms with E-state index in [0.717, 1.165) is 35.8 Å². The molecule has 0 aromatic heterocycles. The Hall–Kier alpha value is -2.62. The number of allylic oxidation sites excluding steroid dienone is 2. The first-order valence-electron chi connectivity index (χ1n) is 9.20. The van der Waals surface area contributed by atoms with Crippen LogP contribution < -0.4 is 18.9 Å². The predicted octanol–water partition coefficient (Wildman–Crippen LogP) is 5.48. The lowest BCUT2D eigenvalue weighted by atomic mass is 10.1. The highest BCUT2D eigenvalue weighted by molar-refractivity contribution is 5.44. The van der Waals surface area contributed by atoms with Gasteiger partial charge in [-0.2, -0.15) is 0 Å². The molecule has 2 aromatic carbocycles. The highest BCUT2D eigenvalue weighted by Crippen LogP contribution is 2.29. The van der Waals surface area contributed by atoms with Gasteiger partial charge in [-0.3, -0.25) is 0 Å². The van der Waals surface area contributed by atoms with Crippen LogP contribution in [0.2, 0.25) is 0 Å². The third-order valence-electron chi connectivity index (χ3n) is 3.77. The summed E-state index contributed by atoms with van der Waals surface area (Å²) >= 11 is 0. The van der Waals surface area contributed by atoms with E-state index in [2.05, 4.69) is 26.0 Å².